The highest BCUT2D eigenvalue weighted by molar-refractivity contribution is 6.31. The van der Waals surface area contributed by atoms with Gasteiger partial charge in [-0.15, -0.1) is 0 Å². The number of aliphatic carboxylic acids is 1. The van der Waals surface area contributed by atoms with E-state index in [0.717, 1.165) is 6.08 Å². The number of rotatable bonds is 8. The number of carbonyl (C=O) groups excluding carboxylic acids is 4. The van der Waals surface area contributed by atoms with Gasteiger partial charge in [0.15, 0.2) is 17.3 Å². The number of carbonyl (C=O) groups is 5. The van der Waals surface area contributed by atoms with Gasteiger partial charge in [-0.1, -0.05) is 0 Å². The fourth-order valence-electron chi connectivity index (χ4n) is 4.96. The third kappa shape index (κ3) is 4.66. The predicted molar refractivity (Wildman–Crippen MR) is 144 cm³/mol. The zero-order valence-corrected chi connectivity index (χ0v) is 22.9. The Kier molecular flexibility index (Phi) is 7.36. The van der Waals surface area contributed by atoms with Gasteiger partial charge in [0.1, 0.15) is 39.7 Å². The maximum Gasteiger partial charge on any atom is 0.305 e. The molecule has 214 valence electrons. The lowest BCUT2D eigenvalue weighted by molar-refractivity contribution is -0.136. The number of ether oxygens (including phenoxy) is 2. The zero-order chi connectivity index (χ0) is 30.4. The molecule has 1 aliphatic heterocycles. The summed E-state index contributed by atoms with van der Waals surface area (Å²) in [5.41, 5.74) is -1.70. The number of nitrogens with one attached hydrogen (secondary N) is 2. The van der Waals surface area contributed by atoms with Gasteiger partial charge < -0.3 is 35.4 Å². The number of ketones is 3. The van der Waals surface area contributed by atoms with Gasteiger partial charge >= 0.3 is 5.97 Å². The highest BCUT2D eigenvalue weighted by Gasteiger charge is 2.56. The van der Waals surface area contributed by atoms with Crippen LogP contribution in [0, 0.1) is 6.92 Å². The van der Waals surface area contributed by atoms with Crippen LogP contribution in [0.2, 0.25) is 0 Å². The molecule has 5 N–H and O–H groups in total. The monoisotopic (exact) mass is 564 g/mol. The average molecular weight is 565 g/mol. The Morgan fingerprint density at radius 3 is 2.39 bits per heavy atom. The highest BCUT2D eigenvalue weighted by atomic mass is 16.5. The molecule has 2 aromatic rings. The van der Waals surface area contributed by atoms with Crippen LogP contribution in [0.4, 0.5) is 5.69 Å². The number of fused-ring (bicyclic) bond motifs is 3. The number of phenolic OH excluding ortho intramolecular Hbond substituents is 2. The van der Waals surface area contributed by atoms with E-state index in [2.05, 4.69) is 10.6 Å². The molecule has 1 aliphatic carbocycles. The SMILES string of the molecule is COc1ccc(C(=O)NCCC(=O)O)cc1N/C(C)=C1\C(=O)C=C2Oc3c(C(C)=O)c(O)c(C)c(O)c3[C@@]2(C)C1=O. The van der Waals surface area contributed by atoms with E-state index >= 15 is 0 Å². The van der Waals surface area contributed by atoms with Crippen molar-refractivity contribution in [2.45, 2.75) is 39.5 Å². The molecule has 4 rings (SSSR count). The standard InChI is InChI=1S/C29H28N2O10/c1-12-24(36)22(14(3)32)26-23(25(12)37)29(4)19(41-26)11-17(33)21(27(29)38)13(2)31-16-10-15(6-7-18(16)40-5)28(39)30-9-8-20(34)35/h6-7,10-11,31,36-37H,8-9H2,1-5H3,(H,30,39)(H,34,35)/b21-13+/t29-/m0/s1. The van der Waals surface area contributed by atoms with Crippen LogP contribution >= 0.6 is 0 Å². The first-order chi connectivity index (χ1) is 19.2. The summed E-state index contributed by atoms with van der Waals surface area (Å²) >= 11 is 0. The third-order valence-electron chi connectivity index (χ3n) is 7.17. The van der Waals surface area contributed by atoms with Crippen molar-refractivity contribution in [3.05, 3.63) is 63.6 Å². The largest absolute Gasteiger partial charge is 0.507 e. The van der Waals surface area contributed by atoms with Gasteiger partial charge in [-0.05, 0) is 45.9 Å². The lowest BCUT2D eigenvalue weighted by atomic mass is 9.70. The second-order valence-electron chi connectivity index (χ2n) is 9.83. The fourth-order valence-corrected chi connectivity index (χ4v) is 4.96. The summed E-state index contributed by atoms with van der Waals surface area (Å²) in [4.78, 5) is 62.9. The van der Waals surface area contributed by atoms with Crippen LogP contribution in [-0.2, 0) is 19.8 Å². The lowest BCUT2D eigenvalue weighted by Gasteiger charge is -2.29. The molecule has 41 heavy (non-hydrogen) atoms. The smallest absolute Gasteiger partial charge is 0.305 e. The van der Waals surface area contributed by atoms with Gasteiger partial charge in [0.05, 0.1) is 30.4 Å². The number of carboxylic acid groups (broad SMARTS) is 1. The molecule has 1 amide bonds. The minimum absolute atomic E-state index is 0.0201. The number of anilines is 1. The molecule has 0 unspecified atom stereocenters. The fraction of sp³-hybridized carbons (Fsp3) is 0.276. The van der Waals surface area contributed by atoms with Crippen molar-refractivity contribution in [3.63, 3.8) is 0 Å². The van der Waals surface area contributed by atoms with E-state index in [-0.39, 0.29) is 69.4 Å². The summed E-state index contributed by atoms with van der Waals surface area (Å²) in [7, 11) is 1.39. The van der Waals surface area contributed by atoms with Crippen molar-refractivity contribution < 1.29 is 48.8 Å². The van der Waals surface area contributed by atoms with E-state index in [1.165, 1.54) is 53.0 Å². The first-order valence-electron chi connectivity index (χ1n) is 12.5. The van der Waals surface area contributed by atoms with Crippen LogP contribution in [0.3, 0.4) is 0 Å². The number of phenols is 2. The van der Waals surface area contributed by atoms with Gasteiger partial charge in [0, 0.05) is 29.4 Å². The minimum atomic E-state index is -1.69. The summed E-state index contributed by atoms with van der Waals surface area (Å²) in [5, 5.41) is 35.7. The molecule has 0 radical (unpaired) electrons. The van der Waals surface area contributed by atoms with Crippen LogP contribution in [-0.4, -0.2) is 58.2 Å². The summed E-state index contributed by atoms with van der Waals surface area (Å²) < 4.78 is 11.1. The molecule has 0 aromatic heterocycles. The number of Topliss-reactive ketones (excluding diaryl/α,β-unsaturated/α-hetero) is 2. The molecule has 1 heterocycles. The van der Waals surface area contributed by atoms with E-state index in [0.29, 0.717) is 0 Å². The summed E-state index contributed by atoms with van der Waals surface area (Å²) in [6, 6.07) is 4.38. The number of carboxylic acids is 1. The van der Waals surface area contributed by atoms with Crippen LogP contribution < -0.4 is 20.1 Å². The second kappa shape index (κ2) is 10.5. The van der Waals surface area contributed by atoms with Crippen LogP contribution in [0.1, 0.15) is 59.0 Å². The van der Waals surface area contributed by atoms with Crippen molar-refractivity contribution >= 4 is 34.9 Å². The Bertz CT molecular complexity index is 1620. The lowest BCUT2D eigenvalue weighted by Crippen LogP contribution is -2.40. The maximum atomic E-state index is 14.0. The van der Waals surface area contributed by atoms with E-state index < -0.39 is 46.1 Å². The molecular formula is C29H28N2O10. The number of hydrogen-bond donors (Lipinski definition) is 5. The number of benzene rings is 2. The minimum Gasteiger partial charge on any atom is -0.507 e. The number of methoxy groups -OCH3 is 1. The third-order valence-corrected chi connectivity index (χ3v) is 7.17. The molecule has 0 fully saturated rings. The Balaban J connectivity index is 1.77. The molecule has 2 aromatic carbocycles. The van der Waals surface area contributed by atoms with E-state index in [9.17, 15) is 34.2 Å². The number of aromatic hydroxyl groups is 2. The molecule has 12 heteroatoms. The van der Waals surface area contributed by atoms with E-state index in [1.807, 2.05) is 0 Å². The average Bonchev–Trinajstić information content (AvgIpc) is 3.19. The molecule has 0 spiro atoms. The first-order valence-corrected chi connectivity index (χ1v) is 12.5. The summed E-state index contributed by atoms with van der Waals surface area (Å²) in [5.74, 6) is -4.51. The van der Waals surface area contributed by atoms with Gasteiger partial charge in [-0.3, -0.25) is 24.0 Å². The molecule has 2 aliphatic rings. The first kappa shape index (κ1) is 28.9. The van der Waals surface area contributed by atoms with Crippen LogP contribution in [0.25, 0.3) is 0 Å². The van der Waals surface area contributed by atoms with Crippen molar-refractivity contribution in [1.82, 2.24) is 5.32 Å². The highest BCUT2D eigenvalue weighted by Crippen LogP contribution is 2.57. The van der Waals surface area contributed by atoms with Gasteiger partial charge in [0.2, 0.25) is 0 Å². The Morgan fingerprint density at radius 2 is 1.78 bits per heavy atom. The molecule has 0 bridgehead atoms. The maximum absolute atomic E-state index is 14.0. The molecule has 0 saturated heterocycles. The molecular weight excluding hydrogens is 536 g/mol. The Morgan fingerprint density at radius 1 is 1.10 bits per heavy atom. The Hall–Kier alpha value is -5.13. The topological polar surface area (TPSA) is 189 Å². The van der Waals surface area contributed by atoms with Gasteiger partial charge in [-0.25, -0.2) is 0 Å². The van der Waals surface area contributed by atoms with Crippen molar-refractivity contribution in [2.24, 2.45) is 0 Å². The zero-order valence-electron chi connectivity index (χ0n) is 22.9. The Labute approximate surface area is 234 Å². The molecule has 12 nitrogen and oxygen atoms in total. The van der Waals surface area contributed by atoms with Crippen LogP contribution in [0.5, 0.6) is 23.0 Å². The van der Waals surface area contributed by atoms with Gasteiger partial charge in [-0.2, -0.15) is 0 Å². The van der Waals surface area contributed by atoms with E-state index in [1.54, 1.807) is 0 Å². The second-order valence-corrected chi connectivity index (χ2v) is 9.83. The molecule has 0 saturated carbocycles. The van der Waals surface area contributed by atoms with Crippen molar-refractivity contribution in [2.75, 3.05) is 19.0 Å². The number of amides is 1. The predicted octanol–water partition coefficient (Wildman–Crippen LogP) is 2.89. The number of allylic oxidation sites excluding steroid dienone is 4. The summed E-state index contributed by atoms with van der Waals surface area (Å²) in [6.07, 6.45) is 0.841. The van der Waals surface area contributed by atoms with Gasteiger partial charge in [0.25, 0.3) is 5.91 Å². The van der Waals surface area contributed by atoms with Crippen molar-refractivity contribution in [1.29, 1.82) is 0 Å². The number of hydrogen-bond acceptors (Lipinski definition) is 10. The van der Waals surface area contributed by atoms with Crippen molar-refractivity contribution in [3.8, 4) is 23.0 Å². The van der Waals surface area contributed by atoms with E-state index in [4.69, 9.17) is 14.6 Å². The van der Waals surface area contributed by atoms with Crippen LogP contribution in [0.15, 0.2) is 41.3 Å². The normalized spacial score (nSPS) is 18.5. The molecule has 1 atom stereocenters. The quantitative estimate of drug-likeness (QED) is 0.180. The summed E-state index contributed by atoms with van der Waals surface area (Å²) in [6.45, 7) is 5.44.